The van der Waals surface area contributed by atoms with Crippen molar-refractivity contribution in [3.8, 4) is 11.8 Å². The van der Waals surface area contributed by atoms with Crippen LogP contribution in [0.1, 0.15) is 32.6 Å². The van der Waals surface area contributed by atoms with E-state index in [1.165, 1.54) is 12.1 Å². The Balaban J connectivity index is 1.38. The fraction of sp³-hybridized carbons (Fsp3) is 0.296. The Morgan fingerprint density at radius 2 is 1.84 bits per heavy atom. The van der Waals surface area contributed by atoms with E-state index in [0.29, 0.717) is 17.1 Å². The highest BCUT2D eigenvalue weighted by atomic mass is 19.4. The minimum absolute atomic E-state index is 0.0591. The van der Waals surface area contributed by atoms with Gasteiger partial charge in [-0.05, 0) is 42.8 Å². The van der Waals surface area contributed by atoms with Crippen LogP contribution in [0.4, 0.5) is 24.8 Å². The summed E-state index contributed by atoms with van der Waals surface area (Å²) in [6.07, 6.45) is -1.25. The summed E-state index contributed by atoms with van der Waals surface area (Å²) in [6, 6.07) is 9.45. The Labute approximate surface area is 213 Å². The molecule has 1 fully saturated rings. The zero-order chi connectivity index (χ0) is 26.3. The predicted octanol–water partition coefficient (Wildman–Crippen LogP) is 4.20. The minimum atomic E-state index is -4.49. The molecule has 0 radical (unpaired) electrons. The topological polar surface area (TPSA) is 79.4 Å². The zero-order valence-electron chi connectivity index (χ0n) is 20.2. The number of aromatic nitrogens is 2. The second-order valence-corrected chi connectivity index (χ2v) is 8.49. The monoisotopic (exact) mass is 509 g/mol. The number of halogens is 3. The number of rotatable bonds is 6. The SMILES string of the molecule is Cc1ccc(C(=O)Nc2cccc(C(F)(F)F)c2)cc1C#Cc1cnc(NCCN2CCOCC2)nc1. The van der Waals surface area contributed by atoms with Gasteiger partial charge >= 0.3 is 6.18 Å². The van der Waals surface area contributed by atoms with Crippen LogP contribution in [0, 0.1) is 18.8 Å². The van der Waals surface area contributed by atoms with Gasteiger partial charge in [-0.1, -0.05) is 24.0 Å². The number of anilines is 2. The van der Waals surface area contributed by atoms with Crippen molar-refractivity contribution in [2.24, 2.45) is 0 Å². The van der Waals surface area contributed by atoms with E-state index in [0.717, 1.165) is 57.1 Å². The molecule has 3 aromatic rings. The minimum Gasteiger partial charge on any atom is -0.379 e. The van der Waals surface area contributed by atoms with Crippen LogP contribution in [0.25, 0.3) is 0 Å². The number of carbonyl (C=O) groups is 1. The van der Waals surface area contributed by atoms with E-state index in [-0.39, 0.29) is 11.3 Å². The zero-order valence-corrected chi connectivity index (χ0v) is 20.2. The second-order valence-electron chi connectivity index (χ2n) is 8.49. The summed E-state index contributed by atoms with van der Waals surface area (Å²) in [6.45, 7) is 6.82. The van der Waals surface area contributed by atoms with Gasteiger partial charge < -0.3 is 15.4 Å². The lowest BCUT2D eigenvalue weighted by atomic mass is 10.0. The number of amides is 1. The molecule has 1 aliphatic rings. The van der Waals surface area contributed by atoms with E-state index in [2.05, 4.69) is 37.3 Å². The number of hydrogen-bond donors (Lipinski definition) is 2. The Kier molecular flexibility index (Phi) is 8.38. The average molecular weight is 510 g/mol. The lowest BCUT2D eigenvalue weighted by Gasteiger charge is -2.26. The normalized spacial score (nSPS) is 13.9. The van der Waals surface area contributed by atoms with Crippen LogP contribution in [-0.4, -0.2) is 60.2 Å². The van der Waals surface area contributed by atoms with Gasteiger partial charge in [0.05, 0.1) is 24.3 Å². The fourth-order valence-electron chi connectivity index (χ4n) is 3.65. The van der Waals surface area contributed by atoms with Crippen molar-refractivity contribution >= 4 is 17.5 Å². The maximum Gasteiger partial charge on any atom is 0.416 e. The van der Waals surface area contributed by atoms with Crippen molar-refractivity contribution in [3.05, 3.63) is 82.7 Å². The lowest BCUT2D eigenvalue weighted by Crippen LogP contribution is -2.39. The van der Waals surface area contributed by atoms with Gasteiger partial charge in [0.2, 0.25) is 5.95 Å². The van der Waals surface area contributed by atoms with Gasteiger partial charge in [0.1, 0.15) is 0 Å². The quantitative estimate of drug-likeness (QED) is 0.485. The number of carbonyl (C=O) groups excluding carboxylic acids is 1. The molecule has 7 nitrogen and oxygen atoms in total. The molecular formula is C27H26F3N5O2. The van der Waals surface area contributed by atoms with Gasteiger partial charge in [-0.2, -0.15) is 13.2 Å². The summed E-state index contributed by atoms with van der Waals surface area (Å²) >= 11 is 0. The molecule has 4 rings (SSSR count). The van der Waals surface area contributed by atoms with Gasteiger partial charge in [-0.3, -0.25) is 9.69 Å². The molecule has 192 valence electrons. The molecule has 0 spiro atoms. The van der Waals surface area contributed by atoms with Gasteiger partial charge in [0.15, 0.2) is 0 Å². The van der Waals surface area contributed by atoms with Crippen LogP contribution < -0.4 is 10.6 Å². The first-order valence-corrected chi connectivity index (χ1v) is 11.8. The maximum atomic E-state index is 13.0. The molecule has 1 aliphatic heterocycles. The van der Waals surface area contributed by atoms with Gasteiger partial charge in [0.25, 0.3) is 5.91 Å². The molecule has 1 aromatic heterocycles. The largest absolute Gasteiger partial charge is 0.416 e. The fourth-order valence-corrected chi connectivity index (χ4v) is 3.65. The molecule has 10 heteroatoms. The highest BCUT2D eigenvalue weighted by Gasteiger charge is 2.30. The Morgan fingerprint density at radius 3 is 2.57 bits per heavy atom. The second kappa shape index (κ2) is 11.9. The third-order valence-corrected chi connectivity index (χ3v) is 5.76. The third-order valence-electron chi connectivity index (χ3n) is 5.76. The lowest BCUT2D eigenvalue weighted by molar-refractivity contribution is -0.137. The molecular weight excluding hydrogens is 483 g/mol. The highest BCUT2D eigenvalue weighted by Crippen LogP contribution is 2.30. The first-order chi connectivity index (χ1) is 17.8. The highest BCUT2D eigenvalue weighted by molar-refractivity contribution is 6.04. The van der Waals surface area contributed by atoms with Crippen LogP contribution in [0.15, 0.2) is 54.9 Å². The Bertz CT molecular complexity index is 1290. The van der Waals surface area contributed by atoms with Gasteiger partial charge in [-0.25, -0.2) is 9.97 Å². The summed E-state index contributed by atoms with van der Waals surface area (Å²) in [5.74, 6) is 6.01. The molecule has 2 N–H and O–H groups in total. The molecule has 37 heavy (non-hydrogen) atoms. The van der Waals surface area contributed by atoms with Crippen LogP contribution in [0.3, 0.4) is 0 Å². The molecule has 2 heterocycles. The van der Waals surface area contributed by atoms with Crippen LogP contribution in [0.2, 0.25) is 0 Å². The summed E-state index contributed by atoms with van der Waals surface area (Å²) in [5.41, 5.74) is 1.58. The number of nitrogens with one attached hydrogen (secondary N) is 2. The number of aryl methyl sites for hydroxylation is 1. The molecule has 0 unspecified atom stereocenters. The molecule has 1 amide bonds. The first-order valence-electron chi connectivity index (χ1n) is 11.8. The molecule has 0 bridgehead atoms. The summed E-state index contributed by atoms with van der Waals surface area (Å²) in [4.78, 5) is 23.6. The van der Waals surface area contributed by atoms with E-state index in [9.17, 15) is 18.0 Å². The van der Waals surface area contributed by atoms with Gasteiger partial charge in [-0.15, -0.1) is 0 Å². The average Bonchev–Trinajstić information content (AvgIpc) is 2.89. The molecule has 0 saturated carbocycles. The standard InChI is InChI=1S/C27H26F3N5O2/c1-19-5-7-22(25(36)34-24-4-2-3-23(16-24)27(28,29)30)15-21(19)8-6-20-17-32-26(33-18-20)31-9-10-35-11-13-37-14-12-35/h2-5,7,15-18H,9-14H2,1H3,(H,34,36)(H,31,32,33). The number of morpholine rings is 1. The van der Waals surface area contributed by atoms with Crippen molar-refractivity contribution in [3.63, 3.8) is 0 Å². The van der Waals surface area contributed by atoms with Crippen LogP contribution >= 0.6 is 0 Å². The van der Waals surface area contributed by atoms with Crippen LogP contribution in [-0.2, 0) is 10.9 Å². The first kappa shape index (κ1) is 26.1. The van der Waals surface area contributed by atoms with Crippen molar-refractivity contribution < 1.29 is 22.7 Å². The van der Waals surface area contributed by atoms with E-state index in [1.807, 2.05) is 6.92 Å². The number of ether oxygens (including phenoxy) is 1. The van der Waals surface area contributed by atoms with E-state index in [1.54, 1.807) is 30.6 Å². The third kappa shape index (κ3) is 7.52. The van der Waals surface area contributed by atoms with E-state index >= 15 is 0 Å². The number of nitrogens with zero attached hydrogens (tertiary/aromatic N) is 3. The summed E-state index contributed by atoms with van der Waals surface area (Å²) in [7, 11) is 0. The Morgan fingerprint density at radius 1 is 1.08 bits per heavy atom. The van der Waals surface area contributed by atoms with Crippen LogP contribution in [0.5, 0.6) is 0 Å². The molecule has 1 saturated heterocycles. The van der Waals surface area contributed by atoms with Crippen molar-refractivity contribution in [1.29, 1.82) is 0 Å². The maximum absolute atomic E-state index is 13.0. The smallest absolute Gasteiger partial charge is 0.379 e. The summed E-state index contributed by atoms with van der Waals surface area (Å²) in [5, 5.41) is 5.71. The molecule has 0 aliphatic carbocycles. The van der Waals surface area contributed by atoms with Crippen molar-refractivity contribution in [2.75, 3.05) is 50.0 Å². The van der Waals surface area contributed by atoms with Crippen molar-refractivity contribution in [2.45, 2.75) is 13.1 Å². The van der Waals surface area contributed by atoms with E-state index < -0.39 is 17.6 Å². The molecule has 0 atom stereocenters. The van der Waals surface area contributed by atoms with E-state index in [4.69, 9.17) is 4.74 Å². The molecule has 2 aromatic carbocycles. The Hall–Kier alpha value is -3.94. The number of hydrogen-bond acceptors (Lipinski definition) is 6. The van der Waals surface area contributed by atoms with Crippen molar-refractivity contribution in [1.82, 2.24) is 14.9 Å². The summed E-state index contributed by atoms with van der Waals surface area (Å²) < 4.78 is 44.2. The predicted molar refractivity (Wildman–Crippen MR) is 134 cm³/mol. The number of alkyl halides is 3. The number of benzene rings is 2. The van der Waals surface area contributed by atoms with Gasteiger partial charge in [0, 0.05) is 55.4 Å².